The number of aliphatic hydroxyl groups is 1. The van der Waals surface area contributed by atoms with E-state index < -0.39 is 18.6 Å². The summed E-state index contributed by atoms with van der Waals surface area (Å²) in [5, 5.41) is 8.49. The Morgan fingerprint density at radius 2 is 2.23 bits per heavy atom. The summed E-state index contributed by atoms with van der Waals surface area (Å²) >= 11 is 8.46. The first-order valence-electron chi connectivity index (χ1n) is 3.30. The summed E-state index contributed by atoms with van der Waals surface area (Å²) in [6.45, 7) is -0.486. The molecule has 0 aromatic carbocycles. The second-order valence-electron chi connectivity index (χ2n) is 2.27. The molecule has 0 aliphatic heterocycles. The van der Waals surface area contributed by atoms with Gasteiger partial charge in [-0.3, -0.25) is 0 Å². The summed E-state index contributed by atoms with van der Waals surface area (Å²) in [6.07, 6.45) is -2.73. The fraction of sp³-hybridized carbons (Fsp3) is 0.286. The molecule has 0 amide bonds. The maximum atomic E-state index is 12.4. The van der Waals surface area contributed by atoms with E-state index in [9.17, 15) is 8.78 Å². The highest BCUT2D eigenvalue weighted by molar-refractivity contribution is 9.10. The van der Waals surface area contributed by atoms with Gasteiger partial charge in [-0.1, -0.05) is 11.6 Å². The lowest BCUT2D eigenvalue weighted by molar-refractivity contribution is 0.146. The molecule has 1 rings (SSSR count). The Kier molecular flexibility index (Phi) is 3.58. The minimum atomic E-state index is -2.73. The second-order valence-corrected chi connectivity index (χ2v) is 3.44. The van der Waals surface area contributed by atoms with Gasteiger partial charge in [-0.15, -0.1) is 0 Å². The van der Waals surface area contributed by atoms with E-state index in [1.165, 1.54) is 6.07 Å². The molecule has 6 heteroatoms. The summed E-state index contributed by atoms with van der Waals surface area (Å²) in [6, 6.07) is 1.31. The average molecular weight is 272 g/mol. The molecular weight excluding hydrogens is 267 g/mol. The van der Waals surface area contributed by atoms with Crippen molar-refractivity contribution in [3.05, 3.63) is 26.9 Å². The van der Waals surface area contributed by atoms with Gasteiger partial charge >= 0.3 is 0 Å². The summed E-state index contributed by atoms with van der Waals surface area (Å²) in [5.74, 6) is 0. The van der Waals surface area contributed by atoms with Crippen LogP contribution in [0.15, 0.2) is 10.7 Å². The van der Waals surface area contributed by atoms with Gasteiger partial charge in [0.2, 0.25) is 0 Å². The fourth-order valence-electron chi connectivity index (χ4n) is 0.901. The Balaban J connectivity index is 3.30. The molecule has 0 saturated carbocycles. The SMILES string of the molecule is OCc1cc(Br)nc(Cl)c1C(F)F. The molecule has 1 aromatic rings. The van der Waals surface area contributed by atoms with Crippen molar-refractivity contribution >= 4 is 27.5 Å². The van der Waals surface area contributed by atoms with Crippen LogP contribution >= 0.6 is 27.5 Å². The van der Waals surface area contributed by atoms with E-state index >= 15 is 0 Å². The first-order chi connectivity index (χ1) is 6.06. The van der Waals surface area contributed by atoms with Crippen molar-refractivity contribution in [1.29, 1.82) is 0 Å². The molecule has 1 aromatic heterocycles. The molecular formula is C7H5BrClF2NO. The Labute approximate surface area is 86.7 Å². The lowest BCUT2D eigenvalue weighted by Gasteiger charge is -2.08. The maximum absolute atomic E-state index is 12.4. The third kappa shape index (κ3) is 2.36. The van der Waals surface area contributed by atoms with Gasteiger partial charge in [0.1, 0.15) is 9.76 Å². The van der Waals surface area contributed by atoms with Crippen molar-refractivity contribution in [2.75, 3.05) is 0 Å². The van der Waals surface area contributed by atoms with Crippen molar-refractivity contribution in [3.63, 3.8) is 0 Å². The summed E-state index contributed by atoms with van der Waals surface area (Å²) in [7, 11) is 0. The van der Waals surface area contributed by atoms with Crippen molar-refractivity contribution in [1.82, 2.24) is 4.98 Å². The smallest absolute Gasteiger partial charge is 0.267 e. The Morgan fingerprint density at radius 1 is 1.62 bits per heavy atom. The number of nitrogens with zero attached hydrogens (tertiary/aromatic N) is 1. The van der Waals surface area contributed by atoms with Crippen LogP contribution in [-0.2, 0) is 6.61 Å². The molecule has 0 saturated heterocycles. The molecule has 2 nitrogen and oxygen atoms in total. The average Bonchev–Trinajstić information content (AvgIpc) is 2.01. The zero-order valence-corrected chi connectivity index (χ0v) is 8.61. The first kappa shape index (κ1) is 10.8. The van der Waals surface area contributed by atoms with Crippen LogP contribution in [0.5, 0.6) is 0 Å². The molecule has 0 aliphatic rings. The first-order valence-corrected chi connectivity index (χ1v) is 4.47. The van der Waals surface area contributed by atoms with E-state index in [4.69, 9.17) is 16.7 Å². The number of aromatic nitrogens is 1. The van der Waals surface area contributed by atoms with Crippen molar-refractivity contribution in [3.8, 4) is 0 Å². The quantitative estimate of drug-likeness (QED) is 0.840. The topological polar surface area (TPSA) is 33.1 Å². The lowest BCUT2D eigenvalue weighted by Crippen LogP contribution is -1.98. The number of pyridine rings is 1. The van der Waals surface area contributed by atoms with Crippen LogP contribution < -0.4 is 0 Å². The predicted octanol–water partition coefficient (Wildman–Crippen LogP) is 2.93. The molecule has 0 bridgehead atoms. The summed E-state index contributed by atoms with van der Waals surface area (Å²) in [4.78, 5) is 3.59. The molecule has 0 unspecified atom stereocenters. The van der Waals surface area contributed by atoms with E-state index in [1.54, 1.807) is 0 Å². The van der Waals surface area contributed by atoms with Gasteiger partial charge in [-0.05, 0) is 27.6 Å². The third-order valence-corrected chi connectivity index (χ3v) is 2.15. The van der Waals surface area contributed by atoms with Crippen LogP contribution in [0.25, 0.3) is 0 Å². The summed E-state index contributed by atoms with van der Waals surface area (Å²) in [5.41, 5.74) is -0.325. The number of hydrogen-bond acceptors (Lipinski definition) is 2. The highest BCUT2D eigenvalue weighted by Crippen LogP contribution is 2.30. The normalized spacial score (nSPS) is 10.9. The van der Waals surface area contributed by atoms with E-state index in [0.717, 1.165) is 0 Å². The molecule has 72 valence electrons. The van der Waals surface area contributed by atoms with Gasteiger partial charge in [0, 0.05) is 0 Å². The zero-order chi connectivity index (χ0) is 10.0. The zero-order valence-electron chi connectivity index (χ0n) is 6.27. The number of hydrogen-bond donors (Lipinski definition) is 1. The van der Waals surface area contributed by atoms with Crippen LogP contribution in [0.1, 0.15) is 17.6 Å². The third-order valence-electron chi connectivity index (χ3n) is 1.46. The van der Waals surface area contributed by atoms with Gasteiger partial charge in [0.15, 0.2) is 0 Å². The van der Waals surface area contributed by atoms with Gasteiger partial charge in [0.25, 0.3) is 6.43 Å². The molecule has 0 spiro atoms. The molecule has 0 aliphatic carbocycles. The Morgan fingerprint density at radius 3 is 2.69 bits per heavy atom. The van der Waals surface area contributed by atoms with Crippen LogP contribution in [-0.4, -0.2) is 10.1 Å². The van der Waals surface area contributed by atoms with E-state index in [2.05, 4.69) is 20.9 Å². The van der Waals surface area contributed by atoms with Gasteiger partial charge in [0.05, 0.1) is 12.2 Å². The monoisotopic (exact) mass is 271 g/mol. The maximum Gasteiger partial charge on any atom is 0.267 e. The van der Waals surface area contributed by atoms with E-state index in [1.807, 2.05) is 0 Å². The Bertz CT molecular complexity index is 322. The van der Waals surface area contributed by atoms with Crippen molar-refractivity contribution in [2.45, 2.75) is 13.0 Å². The molecule has 0 fully saturated rings. The molecule has 13 heavy (non-hydrogen) atoms. The standard InChI is InChI=1S/C7H5BrClF2NO/c8-4-1-3(2-13)5(7(10)11)6(9)12-4/h1,7,13H,2H2. The minimum absolute atomic E-state index is 0.0851. The fourth-order valence-corrected chi connectivity index (χ4v) is 1.75. The van der Waals surface area contributed by atoms with Gasteiger partial charge in [-0.25, -0.2) is 13.8 Å². The van der Waals surface area contributed by atoms with E-state index in [-0.39, 0.29) is 10.7 Å². The van der Waals surface area contributed by atoms with Crippen LogP contribution in [0.4, 0.5) is 8.78 Å². The number of aliphatic hydroxyl groups excluding tert-OH is 1. The van der Waals surface area contributed by atoms with Crippen LogP contribution in [0.3, 0.4) is 0 Å². The lowest BCUT2D eigenvalue weighted by atomic mass is 10.1. The number of rotatable bonds is 2. The molecule has 0 radical (unpaired) electrons. The molecule has 1 heterocycles. The van der Waals surface area contributed by atoms with Gasteiger partial charge in [-0.2, -0.15) is 0 Å². The predicted molar refractivity (Wildman–Crippen MR) is 47.8 cm³/mol. The van der Waals surface area contributed by atoms with Crippen molar-refractivity contribution in [2.24, 2.45) is 0 Å². The molecule has 0 atom stereocenters. The van der Waals surface area contributed by atoms with E-state index in [0.29, 0.717) is 4.60 Å². The Hall–Kier alpha value is -0.260. The van der Waals surface area contributed by atoms with Crippen LogP contribution in [0, 0.1) is 0 Å². The number of halogens is 4. The van der Waals surface area contributed by atoms with Crippen molar-refractivity contribution < 1.29 is 13.9 Å². The second kappa shape index (κ2) is 4.30. The summed E-state index contributed by atoms with van der Waals surface area (Å²) < 4.78 is 25.0. The number of alkyl halides is 2. The molecule has 1 N–H and O–H groups in total. The largest absolute Gasteiger partial charge is 0.392 e. The minimum Gasteiger partial charge on any atom is -0.392 e. The van der Waals surface area contributed by atoms with Crippen LogP contribution in [0.2, 0.25) is 5.15 Å². The highest BCUT2D eigenvalue weighted by atomic mass is 79.9. The van der Waals surface area contributed by atoms with Gasteiger partial charge < -0.3 is 5.11 Å². The highest BCUT2D eigenvalue weighted by Gasteiger charge is 2.18.